The van der Waals surface area contributed by atoms with Crippen LogP contribution in [0.15, 0.2) is 11.6 Å². The lowest BCUT2D eigenvalue weighted by Crippen LogP contribution is -2.06. The van der Waals surface area contributed by atoms with Gasteiger partial charge in [-0.3, -0.25) is 4.79 Å². The summed E-state index contributed by atoms with van der Waals surface area (Å²) in [5.74, 6) is 1.68. The molecule has 15 heavy (non-hydrogen) atoms. The third-order valence-corrected chi connectivity index (χ3v) is 3.99. The van der Waals surface area contributed by atoms with Gasteiger partial charge in [0.05, 0.1) is 0 Å². The number of carbonyl (C=O) groups is 1. The molecule has 2 unspecified atom stereocenters. The van der Waals surface area contributed by atoms with Crippen LogP contribution >= 0.6 is 0 Å². The Balaban J connectivity index is 1.80. The van der Waals surface area contributed by atoms with Crippen molar-refractivity contribution in [3.8, 4) is 0 Å². The monoisotopic (exact) mass is 206 g/mol. The van der Waals surface area contributed by atoms with E-state index in [1.807, 2.05) is 0 Å². The second-order valence-electron chi connectivity index (χ2n) is 5.14. The number of Topliss-reactive ketones (excluding diaryl/α,β-unsaturated/α-hetero) is 1. The molecule has 2 saturated carbocycles. The fraction of sp³-hybridized carbons (Fsp3) is 0.786. The first-order valence-electron chi connectivity index (χ1n) is 6.52. The zero-order valence-corrected chi connectivity index (χ0v) is 9.80. The molecule has 0 amide bonds. The molecule has 0 aromatic carbocycles. The SMILES string of the molecule is CCCCC/C=C1/CC2CCC(=O)C2C1. The summed E-state index contributed by atoms with van der Waals surface area (Å²) in [4.78, 5) is 11.6. The second kappa shape index (κ2) is 4.96. The molecule has 0 N–H and O–H groups in total. The van der Waals surface area contributed by atoms with Gasteiger partial charge in [0.2, 0.25) is 0 Å². The Hall–Kier alpha value is -0.590. The van der Waals surface area contributed by atoms with Crippen LogP contribution in [0.3, 0.4) is 0 Å². The predicted molar refractivity (Wildman–Crippen MR) is 62.7 cm³/mol. The number of rotatable bonds is 4. The highest BCUT2D eigenvalue weighted by Gasteiger charge is 2.39. The van der Waals surface area contributed by atoms with E-state index in [9.17, 15) is 4.79 Å². The van der Waals surface area contributed by atoms with Gasteiger partial charge in [-0.15, -0.1) is 0 Å². The third-order valence-electron chi connectivity index (χ3n) is 3.99. The summed E-state index contributed by atoms with van der Waals surface area (Å²) in [6.45, 7) is 2.24. The van der Waals surface area contributed by atoms with Gasteiger partial charge < -0.3 is 0 Å². The summed E-state index contributed by atoms with van der Waals surface area (Å²) >= 11 is 0. The standard InChI is InChI=1S/C14H22O/c1-2-3-4-5-6-11-9-12-7-8-14(15)13(12)10-11/h6,12-13H,2-5,7-10H2,1H3/b11-6-. The molecule has 0 heterocycles. The van der Waals surface area contributed by atoms with Gasteiger partial charge in [0, 0.05) is 12.3 Å². The van der Waals surface area contributed by atoms with E-state index in [4.69, 9.17) is 0 Å². The highest BCUT2D eigenvalue weighted by atomic mass is 16.1. The van der Waals surface area contributed by atoms with Gasteiger partial charge in [0.15, 0.2) is 0 Å². The first-order valence-corrected chi connectivity index (χ1v) is 6.52. The zero-order chi connectivity index (χ0) is 10.7. The highest BCUT2D eigenvalue weighted by molar-refractivity contribution is 5.84. The van der Waals surface area contributed by atoms with Crippen LogP contribution in [0.5, 0.6) is 0 Å². The Kier molecular flexibility index (Phi) is 3.61. The molecule has 0 aromatic rings. The maximum atomic E-state index is 11.6. The molecular weight excluding hydrogens is 184 g/mol. The van der Waals surface area contributed by atoms with E-state index in [1.165, 1.54) is 32.1 Å². The summed E-state index contributed by atoms with van der Waals surface area (Å²) in [6.07, 6.45) is 12.0. The number of hydrogen-bond acceptors (Lipinski definition) is 1. The molecule has 84 valence electrons. The van der Waals surface area contributed by atoms with Crippen LogP contribution in [-0.2, 0) is 4.79 Å². The minimum atomic E-state index is 0.419. The largest absolute Gasteiger partial charge is 0.299 e. The smallest absolute Gasteiger partial charge is 0.136 e. The third kappa shape index (κ3) is 2.50. The molecule has 2 aliphatic rings. The van der Waals surface area contributed by atoms with Crippen LogP contribution in [0.1, 0.15) is 58.3 Å². The maximum absolute atomic E-state index is 11.6. The van der Waals surface area contributed by atoms with Crippen LogP contribution in [0.25, 0.3) is 0 Å². The van der Waals surface area contributed by atoms with Gasteiger partial charge in [0.25, 0.3) is 0 Å². The van der Waals surface area contributed by atoms with E-state index in [0.717, 1.165) is 25.2 Å². The van der Waals surface area contributed by atoms with Crippen molar-refractivity contribution in [2.24, 2.45) is 11.8 Å². The summed E-state index contributed by atoms with van der Waals surface area (Å²) in [6, 6.07) is 0. The van der Waals surface area contributed by atoms with Crippen molar-refractivity contribution >= 4 is 5.78 Å². The molecule has 2 fully saturated rings. The summed E-state index contributed by atoms with van der Waals surface area (Å²) in [5, 5.41) is 0. The Labute approximate surface area is 92.9 Å². The van der Waals surface area contributed by atoms with Crippen LogP contribution in [-0.4, -0.2) is 5.78 Å². The molecule has 2 aliphatic carbocycles. The lowest BCUT2D eigenvalue weighted by Gasteiger charge is -2.02. The van der Waals surface area contributed by atoms with E-state index in [1.54, 1.807) is 5.57 Å². The molecule has 2 rings (SSSR count). The van der Waals surface area contributed by atoms with Gasteiger partial charge in [-0.05, 0) is 38.0 Å². The molecule has 0 bridgehead atoms. The summed E-state index contributed by atoms with van der Waals surface area (Å²) < 4.78 is 0. The van der Waals surface area contributed by atoms with E-state index in [0.29, 0.717) is 11.7 Å². The average molecular weight is 206 g/mol. The van der Waals surface area contributed by atoms with Gasteiger partial charge in [-0.2, -0.15) is 0 Å². The minimum Gasteiger partial charge on any atom is -0.299 e. The first-order chi connectivity index (χ1) is 7.31. The Morgan fingerprint density at radius 2 is 2.20 bits per heavy atom. The molecule has 2 atom stereocenters. The molecule has 0 aromatic heterocycles. The van der Waals surface area contributed by atoms with Crippen molar-refractivity contribution in [2.45, 2.75) is 58.3 Å². The van der Waals surface area contributed by atoms with Crippen molar-refractivity contribution in [2.75, 3.05) is 0 Å². The Morgan fingerprint density at radius 3 is 2.93 bits per heavy atom. The van der Waals surface area contributed by atoms with Gasteiger partial charge in [-0.25, -0.2) is 0 Å². The lowest BCUT2D eigenvalue weighted by atomic mass is 10.0. The number of allylic oxidation sites excluding steroid dienone is 2. The number of carbonyl (C=O) groups excluding carboxylic acids is 1. The topological polar surface area (TPSA) is 17.1 Å². The minimum absolute atomic E-state index is 0.419. The van der Waals surface area contributed by atoms with Gasteiger partial charge in [-0.1, -0.05) is 31.4 Å². The molecule has 0 spiro atoms. The van der Waals surface area contributed by atoms with E-state index >= 15 is 0 Å². The quantitative estimate of drug-likeness (QED) is 0.504. The second-order valence-corrected chi connectivity index (χ2v) is 5.14. The molecule has 0 radical (unpaired) electrons. The molecule has 0 aliphatic heterocycles. The summed E-state index contributed by atoms with van der Waals surface area (Å²) in [5.41, 5.74) is 1.58. The molecular formula is C14H22O. The first kappa shape index (κ1) is 10.9. The fourth-order valence-corrected chi connectivity index (χ4v) is 3.07. The van der Waals surface area contributed by atoms with E-state index < -0.39 is 0 Å². The van der Waals surface area contributed by atoms with E-state index in [2.05, 4.69) is 13.0 Å². The maximum Gasteiger partial charge on any atom is 0.136 e. The van der Waals surface area contributed by atoms with Crippen LogP contribution in [0, 0.1) is 11.8 Å². The molecule has 1 nitrogen and oxygen atoms in total. The average Bonchev–Trinajstić information content (AvgIpc) is 2.76. The van der Waals surface area contributed by atoms with Crippen molar-refractivity contribution in [3.63, 3.8) is 0 Å². The number of hydrogen-bond donors (Lipinski definition) is 0. The molecule has 0 saturated heterocycles. The zero-order valence-electron chi connectivity index (χ0n) is 9.80. The molecule has 1 heteroatoms. The van der Waals surface area contributed by atoms with Crippen molar-refractivity contribution < 1.29 is 4.79 Å². The number of fused-ring (bicyclic) bond motifs is 1. The van der Waals surface area contributed by atoms with Crippen molar-refractivity contribution in [1.29, 1.82) is 0 Å². The van der Waals surface area contributed by atoms with Crippen LogP contribution < -0.4 is 0 Å². The summed E-state index contributed by atoms with van der Waals surface area (Å²) in [7, 11) is 0. The Morgan fingerprint density at radius 1 is 1.33 bits per heavy atom. The predicted octanol–water partition coefficient (Wildman–Crippen LogP) is 3.88. The number of ketones is 1. The van der Waals surface area contributed by atoms with Gasteiger partial charge in [0.1, 0.15) is 5.78 Å². The lowest BCUT2D eigenvalue weighted by molar-refractivity contribution is -0.120. The normalized spacial score (nSPS) is 32.6. The van der Waals surface area contributed by atoms with Crippen molar-refractivity contribution in [3.05, 3.63) is 11.6 Å². The fourth-order valence-electron chi connectivity index (χ4n) is 3.07. The van der Waals surface area contributed by atoms with E-state index in [-0.39, 0.29) is 0 Å². The van der Waals surface area contributed by atoms with Crippen molar-refractivity contribution in [1.82, 2.24) is 0 Å². The van der Waals surface area contributed by atoms with Crippen LogP contribution in [0.4, 0.5) is 0 Å². The van der Waals surface area contributed by atoms with Crippen LogP contribution in [0.2, 0.25) is 0 Å². The highest BCUT2D eigenvalue weighted by Crippen LogP contribution is 2.44. The van der Waals surface area contributed by atoms with Gasteiger partial charge >= 0.3 is 0 Å². The number of unbranched alkanes of at least 4 members (excludes halogenated alkanes) is 3. The Bertz CT molecular complexity index is 265.